The molecule has 1 amide bonds. The average Bonchev–Trinajstić information content (AvgIpc) is 3.63. The number of aliphatic hydroxyl groups excluding tert-OH is 1. The molecular formula is C26H35N5O5S. The van der Waals surface area contributed by atoms with Crippen molar-refractivity contribution >= 4 is 38.9 Å². The predicted octanol–water partition coefficient (Wildman–Crippen LogP) is 2.59. The Kier molecular flexibility index (Phi) is 7.28. The number of piperidine rings is 1. The summed E-state index contributed by atoms with van der Waals surface area (Å²) in [6.45, 7) is 5.93. The van der Waals surface area contributed by atoms with Gasteiger partial charge >= 0.3 is 0 Å². The van der Waals surface area contributed by atoms with Crippen LogP contribution in [-0.4, -0.2) is 76.2 Å². The number of nitrogens with zero attached hydrogens (tertiary/aromatic N) is 3. The molecule has 0 unspecified atom stereocenters. The van der Waals surface area contributed by atoms with Gasteiger partial charge in [0.2, 0.25) is 10.0 Å². The van der Waals surface area contributed by atoms with Crippen LogP contribution in [0.15, 0.2) is 30.3 Å². The van der Waals surface area contributed by atoms with E-state index in [1.54, 1.807) is 18.2 Å². The quantitative estimate of drug-likeness (QED) is 0.477. The highest BCUT2D eigenvalue weighted by molar-refractivity contribution is 7.92. The van der Waals surface area contributed by atoms with Crippen molar-refractivity contribution in [2.45, 2.75) is 32.6 Å². The number of aryl methyl sites for hydroxylation is 1. The first-order valence-corrected chi connectivity index (χ1v) is 14.5. The van der Waals surface area contributed by atoms with Gasteiger partial charge in [0.1, 0.15) is 11.6 Å². The van der Waals surface area contributed by atoms with Gasteiger partial charge in [0, 0.05) is 26.2 Å². The molecule has 3 N–H and O–H groups in total. The summed E-state index contributed by atoms with van der Waals surface area (Å²) in [7, 11) is -3.69. The van der Waals surface area contributed by atoms with Crippen molar-refractivity contribution in [1.82, 2.24) is 4.98 Å². The number of sulfonamides is 1. The number of morpholine rings is 1. The van der Waals surface area contributed by atoms with E-state index in [1.807, 2.05) is 19.1 Å². The van der Waals surface area contributed by atoms with Gasteiger partial charge in [-0.2, -0.15) is 0 Å². The molecule has 0 bridgehead atoms. The lowest BCUT2D eigenvalue weighted by Crippen LogP contribution is -2.37. The van der Waals surface area contributed by atoms with E-state index in [0.29, 0.717) is 41.4 Å². The Balaban J connectivity index is 1.40. The van der Waals surface area contributed by atoms with E-state index in [2.05, 4.69) is 24.8 Å². The highest BCUT2D eigenvalue weighted by atomic mass is 32.2. The van der Waals surface area contributed by atoms with Crippen LogP contribution >= 0.6 is 0 Å². The zero-order chi connectivity index (χ0) is 26.0. The van der Waals surface area contributed by atoms with E-state index in [1.165, 1.54) is 12.8 Å². The fraction of sp³-hybridized carbons (Fsp3) is 0.538. The number of pyridine rings is 1. The summed E-state index contributed by atoms with van der Waals surface area (Å²) >= 11 is 0. The number of benzene rings is 1. The van der Waals surface area contributed by atoms with Gasteiger partial charge in [-0.1, -0.05) is 0 Å². The Bertz CT molecular complexity index is 1250. The van der Waals surface area contributed by atoms with Crippen LogP contribution < -0.4 is 19.8 Å². The summed E-state index contributed by atoms with van der Waals surface area (Å²) in [6.07, 6.45) is 4.66. The van der Waals surface area contributed by atoms with Gasteiger partial charge in [-0.25, -0.2) is 13.4 Å². The third kappa shape index (κ3) is 6.16. The lowest BCUT2D eigenvalue weighted by Gasteiger charge is -2.35. The van der Waals surface area contributed by atoms with Crippen LogP contribution in [0.1, 0.15) is 41.6 Å². The van der Waals surface area contributed by atoms with E-state index in [-0.39, 0.29) is 11.7 Å². The van der Waals surface area contributed by atoms with Crippen molar-refractivity contribution in [3.63, 3.8) is 0 Å². The molecule has 2 aliphatic heterocycles. The van der Waals surface area contributed by atoms with Crippen molar-refractivity contribution in [2.24, 2.45) is 5.41 Å². The van der Waals surface area contributed by atoms with Crippen LogP contribution in [0.25, 0.3) is 0 Å². The summed E-state index contributed by atoms with van der Waals surface area (Å²) in [5.41, 5.74) is 2.98. The largest absolute Gasteiger partial charge is 0.395 e. The first kappa shape index (κ1) is 25.7. The van der Waals surface area contributed by atoms with E-state index >= 15 is 0 Å². The van der Waals surface area contributed by atoms with Crippen molar-refractivity contribution < 1.29 is 23.1 Å². The molecule has 1 saturated carbocycles. The molecule has 3 aliphatic rings. The zero-order valence-electron chi connectivity index (χ0n) is 21.2. The molecule has 11 heteroatoms. The van der Waals surface area contributed by atoms with Gasteiger partial charge in [-0.15, -0.1) is 0 Å². The maximum absolute atomic E-state index is 13.5. The predicted molar refractivity (Wildman–Crippen MR) is 144 cm³/mol. The number of ether oxygens (including phenoxy) is 1. The number of rotatable bonds is 8. The molecule has 3 fully saturated rings. The lowest BCUT2D eigenvalue weighted by molar-refractivity contribution is 0.102. The minimum Gasteiger partial charge on any atom is -0.395 e. The number of carbonyl (C=O) groups excluding carboxylic acids is 1. The van der Waals surface area contributed by atoms with Crippen LogP contribution in [0.4, 0.5) is 23.0 Å². The normalized spacial score (nSPS) is 19.1. The molecule has 1 aromatic carbocycles. The van der Waals surface area contributed by atoms with Crippen molar-refractivity contribution in [2.75, 3.05) is 71.6 Å². The Morgan fingerprint density at radius 3 is 2.46 bits per heavy atom. The summed E-state index contributed by atoms with van der Waals surface area (Å²) in [6, 6.07) is 8.81. The van der Waals surface area contributed by atoms with Crippen molar-refractivity contribution in [3.8, 4) is 0 Å². The number of hydrogen-bond donors (Lipinski definition) is 3. The molecule has 0 radical (unpaired) electrons. The van der Waals surface area contributed by atoms with E-state index in [4.69, 9.17) is 9.84 Å². The van der Waals surface area contributed by atoms with Crippen LogP contribution in [0.3, 0.4) is 0 Å². The molecular weight excluding hydrogens is 494 g/mol. The number of aliphatic hydroxyl groups is 1. The SMILES string of the molecule is Cc1cc(NC(=O)c2ccc(NS(=O)(=O)CCO)cc2N2CCC3(CC2)CC3)nc(N2CCOCC2)c1. The third-order valence-corrected chi connectivity index (χ3v) is 8.80. The second kappa shape index (κ2) is 10.5. The molecule has 10 nitrogen and oxygen atoms in total. The topological polar surface area (TPSA) is 124 Å². The highest BCUT2D eigenvalue weighted by Crippen LogP contribution is 2.54. The van der Waals surface area contributed by atoms with Crippen LogP contribution in [0.5, 0.6) is 0 Å². The van der Waals surface area contributed by atoms with Gasteiger partial charge in [0.15, 0.2) is 0 Å². The fourth-order valence-electron chi connectivity index (χ4n) is 5.15. The highest BCUT2D eigenvalue weighted by Gasteiger charge is 2.44. The van der Waals surface area contributed by atoms with Gasteiger partial charge in [0.05, 0.1) is 42.5 Å². The molecule has 5 rings (SSSR count). The standard InChI is InChI=1S/C26H35N5O5S/c1-19-16-23(27-24(17-19)31-10-13-36-14-11-31)28-25(33)21-3-2-20(29-37(34,35)15-12-32)18-22(21)30-8-6-26(4-5-26)7-9-30/h2-3,16-18,29,32H,4-15H2,1H3,(H,27,28,33). The summed E-state index contributed by atoms with van der Waals surface area (Å²) in [5.74, 6) is 0.595. The minimum absolute atomic E-state index is 0.294. The summed E-state index contributed by atoms with van der Waals surface area (Å²) in [4.78, 5) is 22.5. The van der Waals surface area contributed by atoms with Gasteiger partial charge in [-0.05, 0) is 73.9 Å². The first-order valence-electron chi connectivity index (χ1n) is 12.9. The van der Waals surface area contributed by atoms with Gasteiger partial charge < -0.3 is 25.0 Å². The number of nitrogens with one attached hydrogen (secondary N) is 2. The Morgan fingerprint density at radius 1 is 1.05 bits per heavy atom. The van der Waals surface area contributed by atoms with Crippen LogP contribution in [0, 0.1) is 12.3 Å². The number of aromatic nitrogens is 1. The maximum atomic E-state index is 13.5. The van der Waals surface area contributed by atoms with Gasteiger partial charge in [0.25, 0.3) is 5.91 Å². The summed E-state index contributed by atoms with van der Waals surface area (Å²) in [5, 5.41) is 12.0. The Labute approximate surface area is 218 Å². The molecule has 37 heavy (non-hydrogen) atoms. The molecule has 200 valence electrons. The number of hydrogen-bond acceptors (Lipinski definition) is 8. The van der Waals surface area contributed by atoms with Crippen molar-refractivity contribution in [1.29, 1.82) is 0 Å². The smallest absolute Gasteiger partial charge is 0.258 e. The Morgan fingerprint density at radius 2 is 1.78 bits per heavy atom. The number of amides is 1. The third-order valence-electron chi connectivity index (χ3n) is 7.53. The molecule has 2 aromatic rings. The van der Waals surface area contributed by atoms with Crippen LogP contribution in [-0.2, 0) is 14.8 Å². The molecule has 2 saturated heterocycles. The van der Waals surface area contributed by atoms with E-state index < -0.39 is 16.6 Å². The Hall–Kier alpha value is -2.89. The molecule has 1 aliphatic carbocycles. The molecule has 3 heterocycles. The zero-order valence-corrected chi connectivity index (χ0v) is 22.0. The lowest BCUT2D eigenvalue weighted by atomic mass is 9.93. The van der Waals surface area contributed by atoms with Crippen molar-refractivity contribution in [3.05, 3.63) is 41.5 Å². The molecule has 1 spiro atoms. The monoisotopic (exact) mass is 529 g/mol. The van der Waals surface area contributed by atoms with Gasteiger partial charge in [-0.3, -0.25) is 9.52 Å². The van der Waals surface area contributed by atoms with E-state index in [9.17, 15) is 13.2 Å². The second-order valence-corrected chi connectivity index (χ2v) is 12.1. The second-order valence-electron chi connectivity index (χ2n) is 10.3. The number of anilines is 4. The first-order chi connectivity index (χ1) is 17.8. The average molecular weight is 530 g/mol. The maximum Gasteiger partial charge on any atom is 0.258 e. The van der Waals surface area contributed by atoms with Crippen LogP contribution in [0.2, 0.25) is 0 Å². The summed E-state index contributed by atoms with van der Waals surface area (Å²) < 4.78 is 32.5. The minimum atomic E-state index is -3.69. The van der Waals surface area contributed by atoms with E-state index in [0.717, 1.165) is 50.4 Å². The fourth-order valence-corrected chi connectivity index (χ4v) is 5.98. The molecule has 0 atom stereocenters. The number of carbonyl (C=O) groups is 1. The molecule has 1 aromatic heterocycles.